The Kier molecular flexibility index (Phi) is 9.90. The Labute approximate surface area is 188 Å². The Hall–Kier alpha value is -1.83. The molecule has 1 atom stereocenters. The van der Waals surface area contributed by atoms with Crippen molar-refractivity contribution in [3.63, 3.8) is 0 Å². The van der Waals surface area contributed by atoms with Gasteiger partial charge in [0.25, 0.3) is 0 Å². The Balaban J connectivity index is 1.50. The minimum atomic E-state index is 0.340. The molecule has 7 heteroatoms. The zero-order chi connectivity index (χ0) is 21.9. The van der Waals surface area contributed by atoms with Crippen molar-refractivity contribution in [1.29, 1.82) is 0 Å². The van der Waals surface area contributed by atoms with Crippen molar-refractivity contribution in [3.8, 4) is 5.75 Å². The molecule has 31 heavy (non-hydrogen) atoms. The summed E-state index contributed by atoms with van der Waals surface area (Å²) in [5.74, 6) is 1.80. The minimum Gasteiger partial charge on any atom is -0.497 e. The molecule has 1 unspecified atom stereocenters. The number of likely N-dealkylation sites (tertiary alicyclic amines) is 1. The van der Waals surface area contributed by atoms with Crippen LogP contribution in [0.2, 0.25) is 0 Å². The Morgan fingerprint density at radius 3 is 2.26 bits per heavy atom. The number of rotatable bonds is 9. The van der Waals surface area contributed by atoms with Crippen LogP contribution in [0.3, 0.4) is 0 Å². The van der Waals surface area contributed by atoms with E-state index in [1.54, 1.807) is 7.11 Å². The Bertz CT molecular complexity index is 651. The monoisotopic (exact) mass is 430 g/mol. The van der Waals surface area contributed by atoms with E-state index in [9.17, 15) is 0 Å². The third-order valence-electron chi connectivity index (χ3n) is 6.65. The summed E-state index contributed by atoms with van der Waals surface area (Å²) >= 11 is 0. The number of methoxy groups -OCH3 is 1. The molecule has 3 rings (SSSR count). The minimum absolute atomic E-state index is 0.340. The standard InChI is InChI=1S/C24H42N6O/c1-4-28-16-18-29(19-17-28)15-12-26-24(25-2)27-20-23(30-13-6-5-7-14-30)21-8-10-22(31-3)11-9-21/h8-11,23H,4-7,12-20H2,1-3H3,(H2,25,26,27). The van der Waals surface area contributed by atoms with Crippen LogP contribution in [-0.4, -0.2) is 100 Å². The molecule has 1 aromatic carbocycles. The molecule has 2 saturated heterocycles. The van der Waals surface area contributed by atoms with Crippen LogP contribution in [0.25, 0.3) is 0 Å². The molecular weight excluding hydrogens is 388 g/mol. The van der Waals surface area contributed by atoms with Gasteiger partial charge in [0, 0.05) is 52.9 Å². The highest BCUT2D eigenvalue weighted by molar-refractivity contribution is 5.79. The normalized spacial score (nSPS) is 20.4. The van der Waals surface area contributed by atoms with Crippen LogP contribution in [0.4, 0.5) is 0 Å². The first-order valence-corrected chi connectivity index (χ1v) is 12.0. The second kappa shape index (κ2) is 12.9. The second-order valence-electron chi connectivity index (χ2n) is 8.54. The summed E-state index contributed by atoms with van der Waals surface area (Å²) in [7, 11) is 3.58. The molecule has 2 aliphatic heterocycles. The van der Waals surface area contributed by atoms with Gasteiger partial charge in [0.2, 0.25) is 0 Å². The third kappa shape index (κ3) is 7.37. The molecular formula is C24H42N6O. The summed E-state index contributed by atoms with van der Waals surface area (Å²) in [4.78, 5) is 12.1. The number of ether oxygens (including phenoxy) is 1. The summed E-state index contributed by atoms with van der Waals surface area (Å²) in [5.41, 5.74) is 1.33. The van der Waals surface area contributed by atoms with Crippen molar-refractivity contribution in [1.82, 2.24) is 25.3 Å². The maximum Gasteiger partial charge on any atom is 0.191 e. The summed E-state index contributed by atoms with van der Waals surface area (Å²) in [6.45, 7) is 13.3. The predicted molar refractivity (Wildman–Crippen MR) is 129 cm³/mol. The van der Waals surface area contributed by atoms with Crippen LogP contribution in [0.5, 0.6) is 5.75 Å². The molecule has 2 aliphatic rings. The molecule has 0 aromatic heterocycles. The van der Waals surface area contributed by atoms with Gasteiger partial charge < -0.3 is 20.3 Å². The predicted octanol–water partition coefficient (Wildman–Crippen LogP) is 2.02. The zero-order valence-electron chi connectivity index (χ0n) is 19.8. The molecule has 174 valence electrons. The fourth-order valence-electron chi connectivity index (χ4n) is 4.59. The summed E-state index contributed by atoms with van der Waals surface area (Å²) in [6, 6.07) is 8.87. The highest BCUT2D eigenvalue weighted by Crippen LogP contribution is 2.25. The van der Waals surface area contributed by atoms with Gasteiger partial charge in [0.15, 0.2) is 5.96 Å². The van der Waals surface area contributed by atoms with E-state index < -0.39 is 0 Å². The van der Waals surface area contributed by atoms with Gasteiger partial charge in [-0.3, -0.25) is 14.8 Å². The second-order valence-corrected chi connectivity index (χ2v) is 8.54. The average molecular weight is 431 g/mol. The Morgan fingerprint density at radius 2 is 1.65 bits per heavy atom. The van der Waals surface area contributed by atoms with Gasteiger partial charge >= 0.3 is 0 Å². The molecule has 2 heterocycles. The summed E-state index contributed by atoms with van der Waals surface area (Å²) in [5, 5.41) is 7.10. The summed E-state index contributed by atoms with van der Waals surface area (Å²) in [6.07, 6.45) is 3.91. The molecule has 0 radical (unpaired) electrons. The number of hydrogen-bond acceptors (Lipinski definition) is 5. The van der Waals surface area contributed by atoms with Crippen molar-refractivity contribution in [2.45, 2.75) is 32.2 Å². The van der Waals surface area contributed by atoms with Gasteiger partial charge in [-0.2, -0.15) is 0 Å². The first kappa shape index (κ1) is 23.8. The van der Waals surface area contributed by atoms with Gasteiger partial charge in [-0.25, -0.2) is 0 Å². The van der Waals surface area contributed by atoms with E-state index in [1.165, 1.54) is 37.9 Å². The van der Waals surface area contributed by atoms with E-state index >= 15 is 0 Å². The summed E-state index contributed by atoms with van der Waals surface area (Å²) < 4.78 is 5.35. The number of aliphatic imine (C=N–C) groups is 1. The van der Waals surface area contributed by atoms with Crippen LogP contribution in [0.15, 0.2) is 29.3 Å². The number of hydrogen-bond donors (Lipinski definition) is 2. The average Bonchev–Trinajstić information content (AvgIpc) is 2.84. The molecule has 1 aromatic rings. The molecule has 0 bridgehead atoms. The lowest BCUT2D eigenvalue weighted by molar-refractivity contribution is 0.139. The van der Waals surface area contributed by atoms with Crippen molar-refractivity contribution in [2.75, 3.05) is 79.6 Å². The maximum absolute atomic E-state index is 5.35. The zero-order valence-corrected chi connectivity index (χ0v) is 19.8. The van der Waals surface area contributed by atoms with Gasteiger partial charge in [-0.05, 0) is 50.2 Å². The molecule has 2 fully saturated rings. The van der Waals surface area contributed by atoms with Gasteiger partial charge in [-0.15, -0.1) is 0 Å². The third-order valence-corrected chi connectivity index (χ3v) is 6.65. The van der Waals surface area contributed by atoms with Gasteiger partial charge in [0.1, 0.15) is 5.75 Å². The van der Waals surface area contributed by atoms with E-state index in [1.807, 2.05) is 7.05 Å². The van der Waals surface area contributed by atoms with Gasteiger partial charge in [0.05, 0.1) is 13.2 Å². The van der Waals surface area contributed by atoms with Gasteiger partial charge in [-0.1, -0.05) is 25.5 Å². The number of piperidine rings is 1. The number of piperazine rings is 1. The first-order chi connectivity index (χ1) is 15.2. The molecule has 0 saturated carbocycles. The van der Waals surface area contributed by atoms with Crippen molar-refractivity contribution < 1.29 is 4.74 Å². The van der Waals surface area contributed by atoms with Crippen LogP contribution in [0, 0.1) is 0 Å². The number of guanidine groups is 1. The quantitative estimate of drug-likeness (QED) is 0.462. The molecule has 0 aliphatic carbocycles. The molecule has 2 N–H and O–H groups in total. The van der Waals surface area contributed by atoms with Crippen molar-refractivity contribution in [2.24, 2.45) is 4.99 Å². The van der Waals surface area contributed by atoms with Crippen LogP contribution < -0.4 is 15.4 Å². The lowest BCUT2D eigenvalue weighted by Crippen LogP contribution is -2.49. The van der Waals surface area contributed by atoms with Crippen molar-refractivity contribution >= 4 is 5.96 Å². The molecule has 0 amide bonds. The lowest BCUT2D eigenvalue weighted by atomic mass is 10.0. The number of benzene rings is 1. The van der Waals surface area contributed by atoms with Crippen molar-refractivity contribution in [3.05, 3.63) is 29.8 Å². The Morgan fingerprint density at radius 1 is 0.968 bits per heavy atom. The first-order valence-electron chi connectivity index (χ1n) is 12.0. The van der Waals surface area contributed by atoms with Crippen LogP contribution in [-0.2, 0) is 0 Å². The number of nitrogens with one attached hydrogen (secondary N) is 2. The maximum atomic E-state index is 5.35. The largest absolute Gasteiger partial charge is 0.497 e. The number of likely N-dealkylation sites (N-methyl/N-ethyl adjacent to an activating group) is 1. The highest BCUT2D eigenvalue weighted by Gasteiger charge is 2.23. The topological polar surface area (TPSA) is 55.4 Å². The fraction of sp³-hybridized carbons (Fsp3) is 0.708. The van der Waals surface area contributed by atoms with E-state index in [2.05, 4.69) is 61.5 Å². The lowest BCUT2D eigenvalue weighted by Gasteiger charge is -2.35. The molecule has 7 nitrogen and oxygen atoms in total. The van der Waals surface area contributed by atoms with E-state index in [0.717, 1.165) is 64.1 Å². The molecule has 0 spiro atoms. The smallest absolute Gasteiger partial charge is 0.191 e. The SMILES string of the molecule is CCN1CCN(CCNC(=NC)NCC(c2ccc(OC)cc2)N2CCCCC2)CC1. The van der Waals surface area contributed by atoms with E-state index in [0.29, 0.717) is 6.04 Å². The van der Waals surface area contributed by atoms with E-state index in [4.69, 9.17) is 4.74 Å². The van der Waals surface area contributed by atoms with Crippen LogP contribution in [0.1, 0.15) is 37.8 Å². The van der Waals surface area contributed by atoms with Crippen LogP contribution >= 0.6 is 0 Å². The van der Waals surface area contributed by atoms with E-state index in [-0.39, 0.29) is 0 Å². The number of nitrogens with zero attached hydrogens (tertiary/aromatic N) is 4. The fourth-order valence-corrected chi connectivity index (χ4v) is 4.59. The highest BCUT2D eigenvalue weighted by atomic mass is 16.5.